The molecule has 0 aromatic rings. The van der Waals surface area contributed by atoms with Crippen LogP contribution in [0.3, 0.4) is 0 Å². The summed E-state index contributed by atoms with van der Waals surface area (Å²) in [6.45, 7) is 24.7. The SMILES string of the molecule is CC[C@H]1OC(=O)[C@H](C)[C@@H](O[C@H]2C[C@@](C)(OC)[C@](O)(CNCCNC(=O)[C@@]3(O)[C@H](C)CC4C5CC=C6CC(=O)C=C[C@]6(C)[C@@]5(F)[C@@H](O)C[C@@]43C)[C@H](C)O2)[C@H](C)[C@@H](O[C@@H]2O[C@H](C)C[C@H](N(C)CC)[C@H]2O)[C@](C)(OC)C[C@@H](C)C(=O)N[C@H](C)[C@@H](O)[C@]1(C)O. The van der Waals surface area contributed by atoms with E-state index in [1.54, 1.807) is 82.2 Å². The number of ether oxygens (including phenoxy) is 7. The highest BCUT2D eigenvalue weighted by Gasteiger charge is 2.75. The van der Waals surface area contributed by atoms with Crippen LogP contribution in [0.15, 0.2) is 23.8 Å². The largest absolute Gasteiger partial charge is 0.459 e. The molecule has 2 saturated carbocycles. The first-order valence-corrected chi connectivity index (χ1v) is 31.2. The zero-order valence-corrected chi connectivity index (χ0v) is 53.6. The molecule has 0 radical (unpaired) electrons. The van der Waals surface area contributed by atoms with E-state index in [4.69, 9.17) is 33.2 Å². The molecular formula is C63H105FN4O17. The molecule has 0 spiro atoms. The van der Waals surface area contributed by atoms with Crippen LogP contribution in [0.25, 0.3) is 0 Å². The number of amides is 2. The highest BCUT2D eigenvalue weighted by molar-refractivity contribution is 5.93. The summed E-state index contributed by atoms with van der Waals surface area (Å²) in [5, 5.41) is 81.6. The number of aliphatic hydroxyl groups excluding tert-OH is 3. The second-order valence-corrected chi connectivity index (χ2v) is 27.8. The van der Waals surface area contributed by atoms with Gasteiger partial charge in [0.15, 0.2) is 29.6 Å². The molecule has 4 aliphatic carbocycles. The zero-order chi connectivity index (χ0) is 63.5. The fourth-order valence-electron chi connectivity index (χ4n) is 16.6. The number of hydrogen-bond acceptors (Lipinski definition) is 19. The van der Waals surface area contributed by atoms with Crippen LogP contribution in [0.2, 0.25) is 0 Å². The van der Waals surface area contributed by atoms with Gasteiger partial charge in [0.2, 0.25) is 5.91 Å². The highest BCUT2D eigenvalue weighted by atomic mass is 19.1. The maximum atomic E-state index is 17.8. The summed E-state index contributed by atoms with van der Waals surface area (Å²) in [6, 6.07) is -1.34. The summed E-state index contributed by atoms with van der Waals surface area (Å²) in [6.07, 6.45) is -5.58. The second-order valence-electron chi connectivity index (χ2n) is 27.8. The standard InChI is InChI=1S/C63H105FN4O17/c1-18-46-60(14,76)50(72)38(8)67-52(73)33(3)29-58(12,79-16)51(85-54-48(71)44(68(15)19-2)27-35(5)81-54)36(6)49(37(7)53(74)83-46)84-47-31-59(13,80-17)61(77,39(9)82-47)32-65-24-25-66-55(75)63(78)34(4)26-43-42-21-20-40-28-41(69)22-23-56(40,10)62(42,64)45(70)30-57(43,63)11/h20,22-23,33-39,42-51,54,65,70-72,76-78H,18-19,21,24-32H2,1-17H3,(H,66,75)(H,67,73)/t33-,34-,35-,36+,37-,38-,39+,42?,43?,44+,45+,46-,47+,48-,49+,50-,51-,54+,56+,57+,58-,59-,60-,61+,62+,63+/m1/s1. The molecule has 3 heterocycles. The molecule has 9 N–H and O–H groups in total. The molecule has 22 heteroatoms. The number of carbonyl (C=O) groups excluding carboxylic acids is 4. The van der Waals surface area contributed by atoms with E-state index >= 15 is 4.39 Å². The summed E-state index contributed by atoms with van der Waals surface area (Å²) in [5.41, 5.74) is -12.4. The van der Waals surface area contributed by atoms with Crippen LogP contribution in [0, 0.1) is 46.3 Å². The minimum atomic E-state index is -2.12. The van der Waals surface area contributed by atoms with E-state index < -0.39 is 159 Å². The van der Waals surface area contributed by atoms with Crippen molar-refractivity contribution >= 4 is 23.6 Å². The molecule has 0 aromatic carbocycles. The molecule has 7 aliphatic rings. The maximum absolute atomic E-state index is 17.8. The normalized spacial score (nSPS) is 49.1. The Hall–Kier alpha value is -3.07. The van der Waals surface area contributed by atoms with Crippen molar-refractivity contribution in [1.82, 2.24) is 20.9 Å². The van der Waals surface area contributed by atoms with Crippen molar-refractivity contribution in [2.45, 2.75) is 255 Å². The van der Waals surface area contributed by atoms with Gasteiger partial charge in [-0.3, -0.25) is 19.2 Å². The lowest BCUT2D eigenvalue weighted by molar-refractivity contribution is -0.337. The number of fused-ring (bicyclic) bond motifs is 5. The Balaban J connectivity index is 1.11. The predicted octanol–water partition coefficient (Wildman–Crippen LogP) is 3.55. The van der Waals surface area contributed by atoms with E-state index in [0.29, 0.717) is 25.0 Å². The van der Waals surface area contributed by atoms with Gasteiger partial charge in [-0.15, -0.1) is 0 Å². The molecule has 2 amide bonds. The Labute approximate surface area is 503 Å². The van der Waals surface area contributed by atoms with Gasteiger partial charge in [0.25, 0.3) is 5.91 Å². The number of aliphatic hydroxyl groups is 6. The smallest absolute Gasteiger partial charge is 0.311 e. The van der Waals surface area contributed by atoms with Gasteiger partial charge in [-0.1, -0.05) is 59.3 Å². The van der Waals surface area contributed by atoms with E-state index in [1.807, 2.05) is 31.9 Å². The number of nitrogens with one attached hydrogen (secondary N) is 3. The monoisotopic (exact) mass is 1210 g/mol. The Morgan fingerprint density at radius 3 is 2.18 bits per heavy atom. The van der Waals surface area contributed by atoms with Gasteiger partial charge in [0.1, 0.15) is 35.1 Å². The third-order valence-corrected chi connectivity index (χ3v) is 22.5. The number of hydrogen-bond donors (Lipinski definition) is 9. The third-order valence-electron chi connectivity index (χ3n) is 22.5. The molecule has 26 atom stereocenters. The number of allylic oxidation sites excluding steroid dienone is 4. The fourth-order valence-corrected chi connectivity index (χ4v) is 16.6. The molecule has 3 aliphatic heterocycles. The first kappa shape index (κ1) is 69.4. The van der Waals surface area contributed by atoms with Gasteiger partial charge in [-0.2, -0.15) is 0 Å². The molecule has 3 saturated heterocycles. The van der Waals surface area contributed by atoms with Crippen molar-refractivity contribution in [2.75, 3.05) is 47.4 Å². The van der Waals surface area contributed by atoms with Crippen LogP contribution in [-0.4, -0.2) is 214 Å². The molecule has 2 unspecified atom stereocenters. The lowest BCUT2D eigenvalue weighted by atomic mass is 9.45. The highest BCUT2D eigenvalue weighted by Crippen LogP contribution is 2.70. The van der Waals surface area contributed by atoms with Crippen LogP contribution < -0.4 is 16.0 Å². The molecule has 486 valence electrons. The number of esters is 1. The van der Waals surface area contributed by atoms with Crippen molar-refractivity contribution in [3.8, 4) is 0 Å². The van der Waals surface area contributed by atoms with Crippen LogP contribution in [0.4, 0.5) is 4.39 Å². The van der Waals surface area contributed by atoms with Crippen LogP contribution in [-0.2, 0) is 52.3 Å². The Morgan fingerprint density at radius 1 is 0.882 bits per heavy atom. The number of ketones is 1. The minimum absolute atomic E-state index is 0.0160. The zero-order valence-electron chi connectivity index (χ0n) is 53.6. The summed E-state index contributed by atoms with van der Waals surface area (Å²) in [4.78, 5) is 57.6. The summed E-state index contributed by atoms with van der Waals surface area (Å²) in [7, 11) is 4.84. The van der Waals surface area contributed by atoms with Gasteiger partial charge < -0.3 is 84.6 Å². The van der Waals surface area contributed by atoms with Gasteiger partial charge in [0.05, 0.1) is 48.1 Å². The van der Waals surface area contributed by atoms with Gasteiger partial charge >= 0.3 is 5.97 Å². The average molecular weight is 1210 g/mol. The van der Waals surface area contributed by atoms with E-state index in [2.05, 4.69) is 16.0 Å². The van der Waals surface area contributed by atoms with Crippen molar-refractivity contribution < 1.29 is 87.4 Å². The van der Waals surface area contributed by atoms with E-state index in [1.165, 1.54) is 27.2 Å². The quantitative estimate of drug-likeness (QED) is 0.0644. The molecule has 0 bridgehead atoms. The lowest BCUT2D eigenvalue weighted by Crippen LogP contribution is -2.70. The van der Waals surface area contributed by atoms with E-state index in [0.717, 1.165) is 0 Å². The molecule has 21 nitrogen and oxygen atoms in total. The number of cyclic esters (lactones) is 1. The van der Waals surface area contributed by atoms with E-state index in [9.17, 15) is 49.8 Å². The number of likely N-dealkylation sites (N-methyl/N-ethyl adjacent to an activating group) is 1. The van der Waals surface area contributed by atoms with Gasteiger partial charge in [-0.05, 0) is 125 Å². The summed E-state index contributed by atoms with van der Waals surface area (Å²) in [5.74, 6) is -6.60. The van der Waals surface area contributed by atoms with Crippen molar-refractivity contribution in [1.29, 1.82) is 0 Å². The number of rotatable bonds is 15. The topological polar surface area (TPSA) is 294 Å². The number of alkyl halides is 1. The average Bonchev–Trinajstić information content (AvgIpc) is 1.65. The van der Waals surface area contributed by atoms with Gasteiger partial charge in [-0.25, -0.2) is 4.39 Å². The van der Waals surface area contributed by atoms with Gasteiger partial charge in [0, 0.05) is 81.3 Å². The van der Waals surface area contributed by atoms with Crippen molar-refractivity contribution in [2.24, 2.45) is 46.3 Å². The maximum Gasteiger partial charge on any atom is 0.311 e. The molecule has 85 heavy (non-hydrogen) atoms. The van der Waals surface area contributed by atoms with Crippen LogP contribution in [0.5, 0.6) is 0 Å². The van der Waals surface area contributed by atoms with Crippen molar-refractivity contribution in [3.05, 3.63) is 23.8 Å². The number of carbonyl (C=O) groups is 4. The molecule has 0 aromatic heterocycles. The van der Waals surface area contributed by atoms with E-state index in [-0.39, 0.29) is 76.1 Å². The molecular weight excluding hydrogens is 1100 g/mol. The number of methoxy groups -OCH3 is 2. The predicted molar refractivity (Wildman–Crippen MR) is 312 cm³/mol. The fraction of sp³-hybridized carbons (Fsp3) is 0.873. The van der Waals surface area contributed by atoms with Crippen LogP contribution in [0.1, 0.15) is 148 Å². The first-order valence-electron chi connectivity index (χ1n) is 31.2. The third kappa shape index (κ3) is 12.0. The second kappa shape index (κ2) is 25.7. The lowest BCUT2D eigenvalue weighted by Gasteiger charge is -2.61. The Kier molecular flexibility index (Phi) is 21.0. The Morgan fingerprint density at radius 2 is 1.55 bits per heavy atom. The number of nitrogens with zero attached hydrogens (tertiary/aromatic N) is 1. The number of halogens is 1. The van der Waals surface area contributed by atoms with Crippen molar-refractivity contribution in [3.63, 3.8) is 0 Å². The summed E-state index contributed by atoms with van der Waals surface area (Å²) >= 11 is 0. The first-order chi connectivity index (χ1) is 39.5. The Bertz CT molecular complexity index is 2470. The van der Waals surface area contributed by atoms with Crippen LogP contribution >= 0.6 is 0 Å². The molecule has 7 rings (SSSR count). The molecule has 5 fully saturated rings. The summed E-state index contributed by atoms with van der Waals surface area (Å²) < 4.78 is 63.5. The minimum Gasteiger partial charge on any atom is -0.459 e.